The molecule has 3 amide bonds. The second-order valence-corrected chi connectivity index (χ2v) is 13.0. The zero-order valence-corrected chi connectivity index (χ0v) is 23.4. The zero-order chi connectivity index (χ0) is 27.7. The molecule has 206 valence electrons. The van der Waals surface area contributed by atoms with Crippen LogP contribution in [-0.4, -0.2) is 53.6 Å². The lowest BCUT2D eigenvalue weighted by molar-refractivity contribution is -0.143. The quantitative estimate of drug-likeness (QED) is 0.430. The number of nitrogens with zero attached hydrogens (tertiary/aromatic N) is 1. The molecule has 40 heavy (non-hydrogen) atoms. The molecule has 0 spiro atoms. The van der Waals surface area contributed by atoms with Gasteiger partial charge in [-0.2, -0.15) is 0 Å². The van der Waals surface area contributed by atoms with E-state index in [0.29, 0.717) is 17.2 Å². The van der Waals surface area contributed by atoms with Crippen molar-refractivity contribution in [1.82, 2.24) is 9.88 Å². The molecule has 2 aliphatic carbocycles. The number of fused-ring (bicyclic) bond motifs is 9. The molecule has 2 bridgehead atoms. The maximum absolute atomic E-state index is 13.8. The van der Waals surface area contributed by atoms with E-state index in [0.717, 1.165) is 26.8 Å². The van der Waals surface area contributed by atoms with E-state index in [2.05, 4.69) is 10.3 Å². The highest BCUT2D eigenvalue weighted by Gasteiger charge is 2.69. The fraction of sp³-hybridized carbons (Fsp3) is 0.379. The third kappa shape index (κ3) is 3.74. The third-order valence-electron chi connectivity index (χ3n) is 8.94. The molecule has 0 unspecified atom stereocenters. The first-order chi connectivity index (χ1) is 19.4. The number of imide groups is 1. The molecular weight excluding hydrogens is 550 g/mol. The number of carbonyl (C=O) groups excluding carboxylic acids is 3. The van der Waals surface area contributed by atoms with Crippen LogP contribution in [0.3, 0.4) is 0 Å². The standard InChI is InChI=1S/C29H27N3O6S2/c1-37-17-9-8-13(10-18(17)38-2)20-21-15-11-16(24(21)39-26-25(20)40-29(36)31-26)23-22(15)27(34)32(28(23)35)12-19(33)30-14-6-4-3-5-7-14/h3-10,15-16,20-24H,11-12H2,1-2H3,(H,30,33)(H,31,36)/t15-,16+,20-,21+,22+,23+,24-/m0/s1. The second kappa shape index (κ2) is 9.52. The molecule has 9 nitrogen and oxygen atoms in total. The highest BCUT2D eigenvalue weighted by Crippen LogP contribution is 2.68. The summed E-state index contributed by atoms with van der Waals surface area (Å²) in [5.74, 6) is -0.690. The van der Waals surface area contributed by atoms with E-state index in [1.165, 1.54) is 11.3 Å². The van der Waals surface area contributed by atoms with Crippen LogP contribution in [0.15, 0.2) is 58.4 Å². The summed E-state index contributed by atoms with van der Waals surface area (Å²) in [6, 6.07) is 14.8. The summed E-state index contributed by atoms with van der Waals surface area (Å²) in [4.78, 5) is 57.7. The first-order valence-corrected chi connectivity index (χ1v) is 14.9. The van der Waals surface area contributed by atoms with E-state index in [1.54, 1.807) is 38.1 Å². The van der Waals surface area contributed by atoms with Gasteiger partial charge < -0.3 is 19.8 Å². The highest BCUT2D eigenvalue weighted by molar-refractivity contribution is 8.00. The van der Waals surface area contributed by atoms with Gasteiger partial charge in [0.15, 0.2) is 11.5 Å². The molecule has 3 fully saturated rings. The number of amides is 3. The summed E-state index contributed by atoms with van der Waals surface area (Å²) in [7, 11) is 3.18. The van der Waals surface area contributed by atoms with Crippen LogP contribution < -0.4 is 19.7 Å². The number of methoxy groups -OCH3 is 2. The molecule has 7 rings (SSSR count). The molecule has 3 aromatic rings. The van der Waals surface area contributed by atoms with Gasteiger partial charge in [0.05, 0.1) is 31.1 Å². The van der Waals surface area contributed by atoms with Crippen molar-refractivity contribution in [2.45, 2.75) is 22.6 Å². The Kier molecular flexibility index (Phi) is 6.04. The number of thiazole rings is 1. The summed E-state index contributed by atoms with van der Waals surface area (Å²) in [5, 5.41) is 3.69. The Balaban J connectivity index is 1.22. The molecule has 11 heteroatoms. The van der Waals surface area contributed by atoms with Crippen LogP contribution in [0, 0.1) is 29.6 Å². The normalized spacial score (nSPS) is 29.6. The first kappa shape index (κ1) is 25.4. The summed E-state index contributed by atoms with van der Waals surface area (Å²) >= 11 is 2.84. The molecule has 0 radical (unpaired) electrons. The van der Waals surface area contributed by atoms with E-state index in [1.807, 2.05) is 36.4 Å². The molecule has 7 atom stereocenters. The number of aromatic nitrogens is 1. The lowest BCUT2D eigenvalue weighted by atomic mass is 9.68. The zero-order valence-electron chi connectivity index (χ0n) is 21.8. The van der Waals surface area contributed by atoms with Gasteiger partial charge in [-0.3, -0.25) is 24.1 Å². The fourth-order valence-electron chi connectivity index (χ4n) is 7.52. The van der Waals surface area contributed by atoms with Gasteiger partial charge in [0.2, 0.25) is 17.7 Å². The number of rotatable bonds is 6. The summed E-state index contributed by atoms with van der Waals surface area (Å²) < 4.78 is 11.0. The Bertz CT molecular complexity index is 1590. The van der Waals surface area contributed by atoms with Gasteiger partial charge in [-0.25, -0.2) is 0 Å². The number of H-pyrrole nitrogens is 1. The average Bonchev–Trinajstić information content (AvgIpc) is 3.69. The number of hydrogen-bond donors (Lipinski definition) is 2. The lowest BCUT2D eigenvalue weighted by Gasteiger charge is -2.43. The number of aromatic amines is 1. The Morgan fingerprint density at radius 1 is 1.00 bits per heavy atom. The second-order valence-electron chi connectivity index (χ2n) is 10.8. The van der Waals surface area contributed by atoms with Gasteiger partial charge in [0, 0.05) is 21.7 Å². The van der Waals surface area contributed by atoms with Crippen molar-refractivity contribution in [3.8, 4) is 11.5 Å². The Morgan fingerprint density at radius 2 is 1.73 bits per heavy atom. The number of carbonyl (C=O) groups is 3. The van der Waals surface area contributed by atoms with Crippen molar-refractivity contribution < 1.29 is 23.9 Å². The van der Waals surface area contributed by atoms with Crippen molar-refractivity contribution in [2.24, 2.45) is 29.6 Å². The van der Waals surface area contributed by atoms with Crippen molar-refractivity contribution >= 4 is 46.5 Å². The average molecular weight is 578 g/mol. The smallest absolute Gasteiger partial charge is 0.305 e. The van der Waals surface area contributed by atoms with E-state index in [4.69, 9.17) is 9.47 Å². The minimum atomic E-state index is -0.455. The molecule has 1 saturated heterocycles. The largest absolute Gasteiger partial charge is 0.493 e. The van der Waals surface area contributed by atoms with Gasteiger partial charge in [0.25, 0.3) is 0 Å². The molecule has 2 aliphatic heterocycles. The van der Waals surface area contributed by atoms with Gasteiger partial charge in [-0.1, -0.05) is 35.6 Å². The lowest BCUT2D eigenvalue weighted by Crippen LogP contribution is -2.42. The van der Waals surface area contributed by atoms with Crippen molar-refractivity contribution in [3.63, 3.8) is 0 Å². The number of hydrogen-bond acceptors (Lipinski definition) is 8. The molecule has 4 aliphatic rings. The predicted molar refractivity (Wildman–Crippen MR) is 150 cm³/mol. The third-order valence-corrected chi connectivity index (χ3v) is 11.5. The predicted octanol–water partition coefficient (Wildman–Crippen LogP) is 3.57. The maximum Gasteiger partial charge on any atom is 0.305 e. The molecule has 2 saturated carbocycles. The maximum atomic E-state index is 13.8. The van der Waals surface area contributed by atoms with Crippen molar-refractivity contribution in [1.29, 1.82) is 0 Å². The number of para-hydroxylation sites is 1. The van der Waals surface area contributed by atoms with Crippen LogP contribution in [0.25, 0.3) is 0 Å². The first-order valence-electron chi connectivity index (χ1n) is 13.2. The number of ether oxygens (including phenoxy) is 2. The van der Waals surface area contributed by atoms with Crippen LogP contribution >= 0.6 is 23.1 Å². The van der Waals surface area contributed by atoms with Crippen LogP contribution in [0.5, 0.6) is 11.5 Å². The van der Waals surface area contributed by atoms with Crippen molar-refractivity contribution in [2.75, 3.05) is 26.1 Å². The SMILES string of the molecule is COc1ccc([C@@H]2c3sc(=O)[nH]c3S[C@H]3[C@@H]4C[C@H]([C@H]5C(=O)N(CC(=O)Nc6ccccc6)C(=O)[C@H]45)[C@H]23)cc1OC. The Hall–Kier alpha value is -3.57. The van der Waals surface area contributed by atoms with Crippen LogP contribution in [0.4, 0.5) is 5.69 Å². The molecular formula is C29H27N3O6S2. The molecule has 2 aromatic carbocycles. The van der Waals surface area contributed by atoms with E-state index in [9.17, 15) is 19.2 Å². The summed E-state index contributed by atoms with van der Waals surface area (Å²) in [5.41, 5.74) is 1.61. The van der Waals surface area contributed by atoms with Crippen LogP contribution in [0.2, 0.25) is 0 Å². The Labute approximate surface area is 238 Å². The number of nitrogens with one attached hydrogen (secondary N) is 2. The number of benzene rings is 2. The fourth-order valence-corrected chi connectivity index (χ4v) is 10.4. The minimum absolute atomic E-state index is 0.0113. The van der Waals surface area contributed by atoms with Gasteiger partial charge in [0.1, 0.15) is 6.54 Å². The van der Waals surface area contributed by atoms with Gasteiger partial charge in [-0.15, -0.1) is 11.8 Å². The molecule has 3 heterocycles. The van der Waals surface area contributed by atoms with E-state index < -0.39 is 17.7 Å². The van der Waals surface area contributed by atoms with E-state index in [-0.39, 0.29) is 52.2 Å². The van der Waals surface area contributed by atoms with Gasteiger partial charge in [-0.05, 0) is 54.0 Å². The monoisotopic (exact) mass is 577 g/mol. The number of thioether (sulfide) groups is 1. The van der Waals surface area contributed by atoms with Gasteiger partial charge >= 0.3 is 4.87 Å². The minimum Gasteiger partial charge on any atom is -0.493 e. The molecule has 1 aromatic heterocycles. The topological polar surface area (TPSA) is 118 Å². The van der Waals surface area contributed by atoms with Crippen LogP contribution in [-0.2, 0) is 14.4 Å². The summed E-state index contributed by atoms with van der Waals surface area (Å²) in [6.07, 6.45) is 0.780. The Morgan fingerprint density at radius 3 is 2.45 bits per heavy atom. The highest BCUT2D eigenvalue weighted by atomic mass is 32.2. The van der Waals surface area contributed by atoms with Crippen LogP contribution in [0.1, 0.15) is 22.8 Å². The molecule has 2 N–H and O–H groups in total. The van der Waals surface area contributed by atoms with Crippen molar-refractivity contribution in [3.05, 3.63) is 68.6 Å². The number of anilines is 1. The number of likely N-dealkylation sites (tertiary alicyclic amines) is 1. The van der Waals surface area contributed by atoms with E-state index >= 15 is 0 Å². The summed E-state index contributed by atoms with van der Waals surface area (Å²) in [6.45, 7) is -0.290.